The van der Waals surface area contributed by atoms with E-state index in [0.717, 1.165) is 25.7 Å². The maximum absolute atomic E-state index is 15.0. The monoisotopic (exact) mass is 934 g/mol. The van der Waals surface area contributed by atoms with Crippen LogP contribution in [0.1, 0.15) is 108 Å². The number of nitrogens with one attached hydrogen (secondary N) is 3. The van der Waals surface area contributed by atoms with E-state index in [9.17, 15) is 25.2 Å². The van der Waals surface area contributed by atoms with Crippen LogP contribution in [0.4, 0.5) is 8.78 Å². The number of cyclic esters (lactones) is 1. The number of likely N-dealkylation sites (N-methyl/N-ethyl adjacent to an activating group) is 1. The van der Waals surface area contributed by atoms with Gasteiger partial charge in [0.2, 0.25) is 0 Å². The van der Waals surface area contributed by atoms with Crippen molar-refractivity contribution in [2.24, 2.45) is 17.8 Å². The third-order valence-corrected chi connectivity index (χ3v) is 14.2. The minimum absolute atomic E-state index is 0.0299. The fourth-order valence-electron chi connectivity index (χ4n) is 10.1. The summed E-state index contributed by atoms with van der Waals surface area (Å²) in [5.74, 6) is -5.70. The van der Waals surface area contributed by atoms with Crippen LogP contribution in [0.2, 0.25) is 0 Å². The summed E-state index contributed by atoms with van der Waals surface area (Å²) >= 11 is 0. The van der Waals surface area contributed by atoms with E-state index in [0.29, 0.717) is 19.5 Å². The molecule has 0 bridgehead atoms. The fourth-order valence-corrected chi connectivity index (χ4v) is 10.1. The van der Waals surface area contributed by atoms with Gasteiger partial charge in [-0.15, -0.1) is 0 Å². The molecule has 0 aromatic heterocycles. The second-order valence-corrected chi connectivity index (χ2v) is 19.6. The van der Waals surface area contributed by atoms with Gasteiger partial charge in [0, 0.05) is 44.2 Å². The first kappa shape index (κ1) is 55.3. The van der Waals surface area contributed by atoms with Gasteiger partial charge < -0.3 is 74.3 Å². The van der Waals surface area contributed by atoms with Gasteiger partial charge in [0.25, 0.3) is 0 Å². The number of ether oxygens (including phenoxy) is 8. The molecule has 4 rings (SSSR count). The molecule has 0 unspecified atom stereocenters. The zero-order valence-corrected chi connectivity index (χ0v) is 41.1. The van der Waals surface area contributed by atoms with Gasteiger partial charge >= 0.3 is 5.97 Å². The minimum atomic E-state index is -1.87. The van der Waals surface area contributed by atoms with Gasteiger partial charge in [0.05, 0.1) is 49.1 Å². The number of halogens is 2. The van der Waals surface area contributed by atoms with Crippen LogP contribution in [0, 0.1) is 29.4 Å². The molecule has 0 amide bonds. The van der Waals surface area contributed by atoms with Crippen molar-refractivity contribution in [2.75, 3.05) is 40.9 Å². The van der Waals surface area contributed by atoms with E-state index in [-0.39, 0.29) is 37.5 Å². The maximum Gasteiger partial charge on any atom is 0.311 e. The molecule has 3 aliphatic heterocycles. The number of rotatable bonds is 14. The average molecular weight is 934 g/mol. The molecule has 0 aliphatic carbocycles. The second kappa shape index (κ2) is 22.9. The Morgan fingerprint density at radius 1 is 0.938 bits per heavy atom. The van der Waals surface area contributed by atoms with E-state index >= 15 is 8.78 Å². The lowest BCUT2D eigenvalue weighted by Crippen LogP contribution is -2.70. The molecule has 65 heavy (non-hydrogen) atoms. The van der Waals surface area contributed by atoms with Crippen molar-refractivity contribution in [1.29, 1.82) is 0 Å². The molecular weight excluding hydrogens is 853 g/mol. The number of aliphatic hydroxyl groups excluding tert-OH is 1. The van der Waals surface area contributed by atoms with E-state index in [1.54, 1.807) is 55.5 Å². The molecule has 3 fully saturated rings. The maximum atomic E-state index is 15.0. The van der Waals surface area contributed by atoms with Crippen LogP contribution >= 0.6 is 0 Å². The lowest BCUT2D eigenvalue weighted by Gasteiger charge is -2.53. The lowest BCUT2D eigenvalue weighted by atomic mass is 9.75. The molecule has 18 heteroatoms. The summed E-state index contributed by atoms with van der Waals surface area (Å²) in [7, 11) is 4.39. The summed E-state index contributed by atoms with van der Waals surface area (Å²) in [4.78, 5) is 14.5. The number of esters is 1. The van der Waals surface area contributed by atoms with Crippen molar-refractivity contribution >= 4 is 5.97 Å². The molecule has 3 aliphatic rings. The normalized spacial score (nSPS) is 42.7. The number of benzene rings is 1. The fraction of sp³-hybridized carbons (Fsp3) is 0.851. The Balaban J connectivity index is 1.86. The molecule has 0 spiro atoms. The third kappa shape index (κ3) is 12.5. The van der Waals surface area contributed by atoms with Crippen LogP contribution < -0.4 is 25.4 Å². The summed E-state index contributed by atoms with van der Waals surface area (Å²) in [5, 5.41) is 58.0. The van der Waals surface area contributed by atoms with Gasteiger partial charge in [-0.1, -0.05) is 27.7 Å². The van der Waals surface area contributed by atoms with Gasteiger partial charge in [0.15, 0.2) is 36.1 Å². The number of carbonyl (C=O) groups excluding carboxylic acids is 1. The smallest absolute Gasteiger partial charge is 0.311 e. The Labute approximate surface area is 385 Å². The van der Waals surface area contributed by atoms with Crippen LogP contribution in [-0.2, 0) is 33.2 Å². The third-order valence-electron chi connectivity index (χ3n) is 14.2. The highest BCUT2D eigenvalue weighted by Gasteiger charge is 2.58. The summed E-state index contributed by atoms with van der Waals surface area (Å²) < 4.78 is 80.2. The van der Waals surface area contributed by atoms with E-state index in [1.807, 2.05) is 20.8 Å². The van der Waals surface area contributed by atoms with Crippen molar-refractivity contribution in [2.45, 2.75) is 198 Å². The van der Waals surface area contributed by atoms with Crippen molar-refractivity contribution in [1.82, 2.24) is 16.0 Å². The van der Waals surface area contributed by atoms with Gasteiger partial charge in [0.1, 0.15) is 34.8 Å². The van der Waals surface area contributed by atoms with Gasteiger partial charge in [-0.2, -0.15) is 0 Å². The minimum Gasteiger partial charge on any atom is -0.491 e. The largest absolute Gasteiger partial charge is 0.491 e. The Hall–Kier alpha value is -2.33. The van der Waals surface area contributed by atoms with Gasteiger partial charge in [-0.05, 0) is 100 Å². The lowest BCUT2D eigenvalue weighted by molar-refractivity contribution is -0.335. The molecular formula is C47H81F2N3O13. The predicted octanol–water partition coefficient (Wildman–Crippen LogP) is 3.96. The van der Waals surface area contributed by atoms with E-state index in [1.165, 1.54) is 14.0 Å². The summed E-state index contributed by atoms with van der Waals surface area (Å²) in [6, 6.07) is 0.894. The molecule has 16 nitrogen and oxygen atoms in total. The van der Waals surface area contributed by atoms with Crippen molar-refractivity contribution in [3.63, 3.8) is 0 Å². The molecule has 3 heterocycles. The first-order valence-electron chi connectivity index (χ1n) is 23.4. The zero-order chi connectivity index (χ0) is 48.8. The Morgan fingerprint density at radius 3 is 2.15 bits per heavy atom. The number of carbonyl (C=O) groups is 1. The summed E-state index contributed by atoms with van der Waals surface area (Å²) in [6.45, 7) is 20.3. The first-order chi connectivity index (χ1) is 30.3. The van der Waals surface area contributed by atoms with Crippen LogP contribution in [0.3, 0.4) is 0 Å². The topological polar surface area (TPSA) is 208 Å². The van der Waals surface area contributed by atoms with Gasteiger partial charge in [-0.25, -0.2) is 8.78 Å². The SMILES string of the molecule is CCCNC[C@]1(O)[C@H](C)O[C@@H](O[C@H]2[C@H](C)[C@@H](O[C@@H]3O[C@H](C)C[C@H](NC)[C@H]3Oc3cc(F)c(OC)c(F)c3)[C@](C)(O)C[C@@H](C)CN[C@H](C)[C@@H](O)[C@](C)(O)[C@@H](CC)OC(=O)[C@@H]2C)C[C@@]1(C)OC. The molecule has 1 aromatic rings. The molecule has 0 radical (unpaired) electrons. The highest BCUT2D eigenvalue weighted by atomic mass is 19.1. The van der Waals surface area contributed by atoms with Gasteiger partial charge in [-0.3, -0.25) is 4.79 Å². The highest BCUT2D eigenvalue weighted by Crippen LogP contribution is 2.43. The molecule has 18 atom stereocenters. The molecule has 376 valence electrons. The van der Waals surface area contributed by atoms with Crippen LogP contribution in [0.15, 0.2) is 12.1 Å². The molecule has 0 saturated carbocycles. The number of methoxy groups -OCH3 is 2. The molecule has 3 saturated heterocycles. The van der Waals surface area contributed by atoms with E-state index < -0.39 is 125 Å². The summed E-state index contributed by atoms with van der Waals surface area (Å²) in [5.41, 5.74) is -6.28. The Bertz CT molecular complexity index is 1660. The first-order valence-corrected chi connectivity index (χ1v) is 23.4. The van der Waals surface area contributed by atoms with Crippen LogP contribution in [0.25, 0.3) is 0 Å². The highest BCUT2D eigenvalue weighted by molar-refractivity contribution is 5.73. The van der Waals surface area contributed by atoms with Crippen LogP contribution in [-0.4, -0.2) is 157 Å². The Kier molecular flexibility index (Phi) is 19.4. The molecule has 1 aromatic carbocycles. The van der Waals surface area contributed by atoms with E-state index in [2.05, 4.69) is 16.0 Å². The second-order valence-electron chi connectivity index (χ2n) is 19.6. The average Bonchev–Trinajstić information content (AvgIpc) is 3.24. The van der Waals surface area contributed by atoms with Crippen molar-refractivity contribution < 1.29 is 71.9 Å². The molecule has 7 N–H and O–H groups in total. The van der Waals surface area contributed by atoms with E-state index in [4.69, 9.17) is 37.9 Å². The number of hydrogen-bond acceptors (Lipinski definition) is 16. The standard InChI is InChI=1S/C47H81F2N3O13/c1-15-17-51-24-47(57)30(8)61-36(22-45(47,10)59-14)64-37-27(5)41(65-43-39(34(50-12)18-26(4)60-43)62-31-19-32(48)38(58-13)33(49)20-31)44(9,55)21-25(3)23-52-29(7)40(53)46(11,56)35(16-2)63-42(54)28(37)6/h19-20,25-30,34-37,39-41,43,50-53,55-57H,15-18,21-24H2,1-14H3/t25-,26-,27+,28-,29-,30+,34+,35-,36+,37+,39-,40-,41-,43+,44-,45-,46-,47+/m1/s1. The quantitative estimate of drug-likeness (QED) is 0.104. The Morgan fingerprint density at radius 2 is 1.58 bits per heavy atom. The zero-order valence-electron chi connectivity index (χ0n) is 41.1. The number of aliphatic hydroxyl groups is 4. The summed E-state index contributed by atoms with van der Waals surface area (Å²) in [6.07, 6.45) is -7.87. The van der Waals surface area contributed by atoms with Crippen LogP contribution in [0.5, 0.6) is 11.5 Å². The predicted molar refractivity (Wildman–Crippen MR) is 238 cm³/mol. The number of hydrogen-bond donors (Lipinski definition) is 7. The van der Waals surface area contributed by atoms with Crippen molar-refractivity contribution in [3.8, 4) is 11.5 Å². The van der Waals surface area contributed by atoms with Crippen molar-refractivity contribution in [3.05, 3.63) is 23.8 Å².